The van der Waals surface area contributed by atoms with Crippen LogP contribution >= 0.6 is 11.6 Å². The third-order valence-electron chi connectivity index (χ3n) is 2.78. The Labute approximate surface area is 112 Å². The molecular formula is C13H17ClN4. The molecule has 96 valence electrons. The number of hydrogen-bond donors (Lipinski definition) is 1. The van der Waals surface area contributed by atoms with Gasteiger partial charge in [0.15, 0.2) is 0 Å². The lowest BCUT2D eigenvalue weighted by molar-refractivity contribution is 0.712. The van der Waals surface area contributed by atoms with E-state index >= 15 is 0 Å². The normalized spacial score (nSPS) is 10.6. The van der Waals surface area contributed by atoms with Crippen molar-refractivity contribution >= 4 is 17.3 Å². The fraction of sp³-hybridized carbons (Fsp3) is 0.385. The number of halogens is 1. The highest BCUT2D eigenvalue weighted by Gasteiger charge is 2.00. The first kappa shape index (κ1) is 12.9. The van der Waals surface area contributed by atoms with Crippen LogP contribution < -0.4 is 5.32 Å². The maximum Gasteiger partial charge on any atom is 0.145 e. The molecular weight excluding hydrogens is 248 g/mol. The molecule has 0 aliphatic carbocycles. The zero-order chi connectivity index (χ0) is 12.8. The molecule has 0 fully saturated rings. The van der Waals surface area contributed by atoms with Crippen LogP contribution in [0.3, 0.4) is 0 Å². The predicted octanol–water partition coefficient (Wildman–Crippen LogP) is 2.60. The number of nitrogens with one attached hydrogen (secondary N) is 1. The van der Waals surface area contributed by atoms with Crippen molar-refractivity contribution < 1.29 is 0 Å². The summed E-state index contributed by atoms with van der Waals surface area (Å²) in [5.41, 5.74) is 2.41. The van der Waals surface area contributed by atoms with E-state index < -0.39 is 0 Å². The minimum absolute atomic E-state index is 0.676. The molecule has 5 heteroatoms. The van der Waals surface area contributed by atoms with Crippen molar-refractivity contribution in [3.8, 4) is 0 Å². The summed E-state index contributed by atoms with van der Waals surface area (Å²) in [5.74, 6) is 1.62. The molecule has 2 aromatic rings. The van der Waals surface area contributed by atoms with Gasteiger partial charge in [-0.1, -0.05) is 12.1 Å². The summed E-state index contributed by atoms with van der Waals surface area (Å²) in [4.78, 5) is 4.17. The second kappa shape index (κ2) is 6.40. The lowest BCUT2D eigenvalue weighted by Gasteiger charge is -2.07. The Balaban J connectivity index is 1.95. The van der Waals surface area contributed by atoms with Gasteiger partial charge in [0.05, 0.1) is 6.54 Å². The second-order valence-corrected chi connectivity index (χ2v) is 4.52. The van der Waals surface area contributed by atoms with Crippen molar-refractivity contribution in [2.75, 3.05) is 11.2 Å². The predicted molar refractivity (Wildman–Crippen MR) is 73.8 cm³/mol. The van der Waals surface area contributed by atoms with E-state index in [9.17, 15) is 0 Å². The molecule has 0 aliphatic heterocycles. The molecule has 0 spiro atoms. The van der Waals surface area contributed by atoms with Gasteiger partial charge < -0.3 is 5.32 Å². The number of anilines is 1. The van der Waals surface area contributed by atoms with Gasteiger partial charge in [0.2, 0.25) is 0 Å². The summed E-state index contributed by atoms with van der Waals surface area (Å²) >= 11 is 5.70. The van der Waals surface area contributed by atoms with Crippen LogP contribution in [0.1, 0.15) is 17.8 Å². The van der Waals surface area contributed by atoms with Gasteiger partial charge in [0.25, 0.3) is 0 Å². The molecule has 1 N–H and O–H groups in total. The summed E-state index contributed by atoms with van der Waals surface area (Å²) in [5, 5.41) is 7.39. The largest absolute Gasteiger partial charge is 0.378 e. The Morgan fingerprint density at radius 1 is 1.39 bits per heavy atom. The topological polar surface area (TPSA) is 42.7 Å². The molecule has 1 heterocycles. The molecule has 2 rings (SSSR count). The van der Waals surface area contributed by atoms with Crippen LogP contribution in [0.2, 0.25) is 0 Å². The quantitative estimate of drug-likeness (QED) is 0.816. The smallest absolute Gasteiger partial charge is 0.145 e. The van der Waals surface area contributed by atoms with E-state index in [1.54, 1.807) is 11.0 Å². The number of rotatable bonds is 6. The van der Waals surface area contributed by atoms with Crippen LogP contribution in [0.15, 0.2) is 30.6 Å². The summed E-state index contributed by atoms with van der Waals surface area (Å²) in [7, 11) is 1.89. The van der Waals surface area contributed by atoms with Crippen molar-refractivity contribution in [3.05, 3.63) is 42.0 Å². The van der Waals surface area contributed by atoms with Crippen LogP contribution in [0.25, 0.3) is 0 Å². The number of aryl methyl sites for hydroxylation is 2. The monoisotopic (exact) mass is 264 g/mol. The fourth-order valence-electron chi connectivity index (χ4n) is 1.77. The van der Waals surface area contributed by atoms with E-state index in [0.29, 0.717) is 12.4 Å². The zero-order valence-electron chi connectivity index (χ0n) is 10.4. The maximum absolute atomic E-state index is 5.70. The van der Waals surface area contributed by atoms with Crippen molar-refractivity contribution in [1.29, 1.82) is 0 Å². The van der Waals surface area contributed by atoms with Gasteiger partial charge in [-0.2, -0.15) is 5.10 Å². The standard InChI is InChI=1S/C13H17ClN4/c1-18-13(16-10-17-18)9-15-12-6-2-4-11(8-12)5-3-7-14/h2,4,6,8,10,15H,3,5,7,9H2,1H3. The van der Waals surface area contributed by atoms with Gasteiger partial charge >= 0.3 is 0 Å². The van der Waals surface area contributed by atoms with Gasteiger partial charge in [0, 0.05) is 18.6 Å². The Bertz CT molecular complexity index is 495. The molecule has 0 saturated heterocycles. The molecule has 0 radical (unpaired) electrons. The molecule has 0 atom stereocenters. The fourth-order valence-corrected chi connectivity index (χ4v) is 1.90. The molecule has 0 bridgehead atoms. The number of benzene rings is 1. The lowest BCUT2D eigenvalue weighted by atomic mass is 10.1. The third kappa shape index (κ3) is 3.47. The highest BCUT2D eigenvalue weighted by molar-refractivity contribution is 6.17. The lowest BCUT2D eigenvalue weighted by Crippen LogP contribution is -2.06. The Hall–Kier alpha value is -1.55. The number of hydrogen-bond acceptors (Lipinski definition) is 3. The molecule has 18 heavy (non-hydrogen) atoms. The average Bonchev–Trinajstić information content (AvgIpc) is 2.80. The Morgan fingerprint density at radius 3 is 3.00 bits per heavy atom. The van der Waals surface area contributed by atoms with E-state index in [2.05, 4.69) is 39.7 Å². The second-order valence-electron chi connectivity index (χ2n) is 4.15. The van der Waals surface area contributed by atoms with E-state index in [4.69, 9.17) is 11.6 Å². The molecule has 0 saturated carbocycles. The summed E-state index contributed by atoms with van der Waals surface area (Å²) in [6.07, 6.45) is 3.59. The molecule has 1 aromatic heterocycles. The molecule has 4 nitrogen and oxygen atoms in total. The summed E-state index contributed by atoms with van der Waals surface area (Å²) < 4.78 is 1.77. The van der Waals surface area contributed by atoms with Gasteiger partial charge in [-0.05, 0) is 30.5 Å². The highest BCUT2D eigenvalue weighted by Crippen LogP contribution is 2.13. The van der Waals surface area contributed by atoms with Crippen LogP contribution in [0, 0.1) is 0 Å². The first-order chi connectivity index (χ1) is 8.79. The summed E-state index contributed by atoms with van der Waals surface area (Å²) in [6, 6.07) is 8.39. The Morgan fingerprint density at radius 2 is 2.28 bits per heavy atom. The van der Waals surface area contributed by atoms with Crippen molar-refractivity contribution in [2.45, 2.75) is 19.4 Å². The minimum Gasteiger partial charge on any atom is -0.378 e. The van der Waals surface area contributed by atoms with Crippen LogP contribution in [-0.4, -0.2) is 20.6 Å². The van der Waals surface area contributed by atoms with E-state index in [-0.39, 0.29) is 0 Å². The summed E-state index contributed by atoms with van der Waals surface area (Å²) in [6.45, 7) is 0.676. The first-order valence-electron chi connectivity index (χ1n) is 6.01. The zero-order valence-corrected chi connectivity index (χ0v) is 11.2. The highest BCUT2D eigenvalue weighted by atomic mass is 35.5. The van der Waals surface area contributed by atoms with Crippen LogP contribution in [0.4, 0.5) is 5.69 Å². The molecule has 0 aliphatic rings. The molecule has 0 unspecified atom stereocenters. The molecule has 1 aromatic carbocycles. The van der Waals surface area contributed by atoms with E-state index in [0.717, 1.165) is 24.4 Å². The molecule has 0 amide bonds. The van der Waals surface area contributed by atoms with Crippen LogP contribution in [0.5, 0.6) is 0 Å². The van der Waals surface area contributed by atoms with Gasteiger partial charge in [-0.3, -0.25) is 4.68 Å². The maximum atomic E-state index is 5.70. The van der Waals surface area contributed by atoms with Gasteiger partial charge in [-0.25, -0.2) is 4.98 Å². The van der Waals surface area contributed by atoms with Crippen molar-refractivity contribution in [3.63, 3.8) is 0 Å². The number of aromatic nitrogens is 3. The third-order valence-corrected chi connectivity index (χ3v) is 3.05. The SMILES string of the molecule is Cn1ncnc1CNc1cccc(CCCCl)c1. The van der Waals surface area contributed by atoms with Gasteiger partial charge in [-0.15, -0.1) is 11.6 Å². The van der Waals surface area contributed by atoms with Crippen molar-refractivity contribution in [2.24, 2.45) is 7.05 Å². The van der Waals surface area contributed by atoms with E-state index in [1.807, 2.05) is 7.05 Å². The Kier molecular flexibility index (Phi) is 4.59. The van der Waals surface area contributed by atoms with Gasteiger partial charge in [0.1, 0.15) is 12.2 Å². The first-order valence-corrected chi connectivity index (χ1v) is 6.54. The average molecular weight is 265 g/mol. The number of alkyl halides is 1. The van der Waals surface area contributed by atoms with E-state index in [1.165, 1.54) is 5.56 Å². The van der Waals surface area contributed by atoms with Crippen molar-refractivity contribution in [1.82, 2.24) is 14.8 Å². The van der Waals surface area contributed by atoms with Crippen LogP contribution in [-0.2, 0) is 20.0 Å². The minimum atomic E-state index is 0.676. The number of nitrogens with zero attached hydrogens (tertiary/aromatic N) is 3.